The van der Waals surface area contributed by atoms with Crippen molar-refractivity contribution in [3.8, 4) is 22.9 Å². The van der Waals surface area contributed by atoms with Crippen LogP contribution in [0.2, 0.25) is 0 Å². The Morgan fingerprint density at radius 3 is 2.60 bits per heavy atom. The van der Waals surface area contributed by atoms with Gasteiger partial charge in [0.1, 0.15) is 23.2 Å². The second-order valence-electron chi connectivity index (χ2n) is 7.40. The van der Waals surface area contributed by atoms with Gasteiger partial charge in [-0.1, -0.05) is 48.8 Å². The average molecular weight is 493 g/mol. The number of aromatic nitrogens is 3. The molecule has 11 heteroatoms. The molecule has 2 heterocycles. The summed E-state index contributed by atoms with van der Waals surface area (Å²) in [6.07, 6.45) is 3.37. The number of hydrazine groups is 1. The molecule has 2 aromatic carbocycles. The maximum atomic E-state index is 12.3. The van der Waals surface area contributed by atoms with E-state index in [1.807, 2.05) is 54.6 Å². The Bertz CT molecular complexity index is 1280. The number of benzene rings is 2. The van der Waals surface area contributed by atoms with E-state index in [4.69, 9.17) is 26.2 Å². The zero-order valence-electron chi connectivity index (χ0n) is 19.0. The molecule has 0 fully saturated rings. The van der Waals surface area contributed by atoms with Gasteiger partial charge in [-0.3, -0.25) is 15.6 Å². The lowest BCUT2D eigenvalue weighted by Crippen LogP contribution is -2.45. The van der Waals surface area contributed by atoms with E-state index in [1.54, 1.807) is 0 Å². The minimum Gasteiger partial charge on any atom is -0.494 e. The molecule has 0 bridgehead atoms. The SMILES string of the molecule is CCCCOc1ccc(NC(=S)NNC(=O)COc2ncnc3onc(-c4ccccc4)c23)cc1. The van der Waals surface area contributed by atoms with Crippen molar-refractivity contribution in [1.82, 2.24) is 26.0 Å². The van der Waals surface area contributed by atoms with E-state index < -0.39 is 5.91 Å². The molecule has 0 unspecified atom stereocenters. The Morgan fingerprint density at radius 2 is 1.83 bits per heavy atom. The maximum Gasteiger partial charge on any atom is 0.276 e. The van der Waals surface area contributed by atoms with Gasteiger partial charge in [-0.2, -0.15) is 4.98 Å². The number of hydrogen-bond acceptors (Lipinski definition) is 8. The summed E-state index contributed by atoms with van der Waals surface area (Å²) in [6, 6.07) is 16.8. The van der Waals surface area contributed by atoms with Gasteiger partial charge >= 0.3 is 0 Å². The summed E-state index contributed by atoms with van der Waals surface area (Å²) in [5, 5.41) is 7.75. The lowest BCUT2D eigenvalue weighted by Gasteiger charge is -2.12. The molecule has 35 heavy (non-hydrogen) atoms. The Kier molecular flexibility index (Phi) is 8.02. The van der Waals surface area contributed by atoms with Crippen LogP contribution in [0.25, 0.3) is 22.4 Å². The second-order valence-corrected chi connectivity index (χ2v) is 7.81. The Labute approximate surface area is 207 Å². The third-order valence-electron chi connectivity index (χ3n) is 4.82. The highest BCUT2D eigenvalue weighted by Crippen LogP contribution is 2.32. The zero-order chi connectivity index (χ0) is 24.5. The number of amides is 1. The van der Waals surface area contributed by atoms with Crippen LogP contribution in [0.5, 0.6) is 11.6 Å². The fourth-order valence-electron chi connectivity index (χ4n) is 3.09. The van der Waals surface area contributed by atoms with E-state index in [2.05, 4.69) is 38.2 Å². The number of fused-ring (bicyclic) bond motifs is 1. The highest BCUT2D eigenvalue weighted by atomic mass is 32.1. The molecule has 0 spiro atoms. The number of carbonyl (C=O) groups is 1. The van der Waals surface area contributed by atoms with Crippen molar-refractivity contribution in [1.29, 1.82) is 0 Å². The number of nitrogens with zero attached hydrogens (tertiary/aromatic N) is 3. The van der Waals surface area contributed by atoms with Crippen LogP contribution in [0.15, 0.2) is 65.4 Å². The van der Waals surface area contributed by atoms with Crippen molar-refractivity contribution in [3.05, 3.63) is 60.9 Å². The lowest BCUT2D eigenvalue weighted by atomic mass is 10.1. The quantitative estimate of drug-likeness (QED) is 0.180. The first-order chi connectivity index (χ1) is 17.1. The predicted octanol–water partition coefficient (Wildman–Crippen LogP) is 3.86. The summed E-state index contributed by atoms with van der Waals surface area (Å²) in [5.74, 6) is 0.515. The minimum absolute atomic E-state index is 0.187. The molecule has 1 amide bonds. The van der Waals surface area contributed by atoms with Gasteiger partial charge in [0.25, 0.3) is 11.6 Å². The molecular formula is C24H24N6O4S. The molecule has 0 aliphatic carbocycles. The van der Waals surface area contributed by atoms with Gasteiger partial charge in [0.15, 0.2) is 11.7 Å². The fourth-order valence-corrected chi connectivity index (χ4v) is 3.26. The molecule has 0 saturated heterocycles. The van der Waals surface area contributed by atoms with Crippen LogP contribution < -0.4 is 25.6 Å². The minimum atomic E-state index is -0.460. The standard InChI is InChI=1S/C24H24N6O4S/c1-2-3-13-32-18-11-9-17(10-12-18)27-24(35)29-28-19(31)14-33-22-20-21(16-7-5-4-6-8-16)30-34-23(20)26-15-25-22/h4-12,15H,2-3,13-14H2,1H3,(H,28,31)(H2,27,29,35). The van der Waals surface area contributed by atoms with Crippen LogP contribution in [0.3, 0.4) is 0 Å². The number of unbranched alkanes of at least 4 members (excludes halogenated alkanes) is 1. The van der Waals surface area contributed by atoms with Crippen LogP contribution in [-0.4, -0.2) is 39.4 Å². The summed E-state index contributed by atoms with van der Waals surface area (Å²) < 4.78 is 16.6. The molecule has 0 atom stereocenters. The molecule has 180 valence electrons. The molecular weight excluding hydrogens is 468 g/mol. The molecule has 3 N–H and O–H groups in total. The van der Waals surface area contributed by atoms with Crippen molar-refractivity contribution >= 4 is 40.0 Å². The van der Waals surface area contributed by atoms with Gasteiger partial charge in [0.05, 0.1) is 6.61 Å². The molecule has 10 nitrogen and oxygen atoms in total. The number of anilines is 1. The van der Waals surface area contributed by atoms with Gasteiger partial charge in [-0.25, -0.2) is 4.98 Å². The predicted molar refractivity (Wildman–Crippen MR) is 135 cm³/mol. The number of ether oxygens (including phenoxy) is 2. The highest BCUT2D eigenvalue weighted by Gasteiger charge is 2.18. The number of nitrogens with one attached hydrogen (secondary N) is 3. The summed E-state index contributed by atoms with van der Waals surface area (Å²) in [4.78, 5) is 20.5. The normalized spacial score (nSPS) is 10.5. The maximum absolute atomic E-state index is 12.3. The van der Waals surface area contributed by atoms with E-state index in [0.29, 0.717) is 17.7 Å². The van der Waals surface area contributed by atoms with Crippen molar-refractivity contribution in [3.63, 3.8) is 0 Å². The Hall–Kier alpha value is -4.25. The van der Waals surface area contributed by atoms with Gasteiger partial charge < -0.3 is 19.3 Å². The topological polar surface area (TPSA) is 123 Å². The van der Waals surface area contributed by atoms with E-state index in [1.165, 1.54) is 6.33 Å². The van der Waals surface area contributed by atoms with Crippen LogP contribution in [-0.2, 0) is 4.79 Å². The molecule has 0 aliphatic heterocycles. The summed E-state index contributed by atoms with van der Waals surface area (Å²) in [6.45, 7) is 2.48. The smallest absolute Gasteiger partial charge is 0.276 e. The molecule has 4 rings (SSSR count). The lowest BCUT2D eigenvalue weighted by molar-refractivity contribution is -0.123. The van der Waals surface area contributed by atoms with E-state index in [0.717, 1.165) is 29.8 Å². The number of rotatable bonds is 9. The molecule has 0 aliphatic rings. The summed E-state index contributed by atoms with van der Waals surface area (Å²) >= 11 is 5.22. The third kappa shape index (κ3) is 6.42. The average Bonchev–Trinajstić information content (AvgIpc) is 3.33. The van der Waals surface area contributed by atoms with Crippen LogP contribution >= 0.6 is 12.2 Å². The van der Waals surface area contributed by atoms with Crippen LogP contribution in [0, 0.1) is 0 Å². The van der Waals surface area contributed by atoms with Gasteiger partial charge in [-0.05, 0) is 42.9 Å². The summed E-state index contributed by atoms with van der Waals surface area (Å²) in [7, 11) is 0. The molecule has 0 radical (unpaired) electrons. The Morgan fingerprint density at radius 1 is 1.03 bits per heavy atom. The van der Waals surface area contributed by atoms with E-state index in [-0.39, 0.29) is 23.3 Å². The van der Waals surface area contributed by atoms with E-state index in [9.17, 15) is 4.79 Å². The van der Waals surface area contributed by atoms with E-state index >= 15 is 0 Å². The van der Waals surface area contributed by atoms with Gasteiger partial charge in [0.2, 0.25) is 5.88 Å². The number of thiocarbonyl (C=S) groups is 1. The monoisotopic (exact) mass is 492 g/mol. The first-order valence-electron chi connectivity index (χ1n) is 11.0. The third-order valence-corrected chi connectivity index (χ3v) is 5.02. The van der Waals surface area contributed by atoms with Crippen molar-refractivity contribution < 1.29 is 18.8 Å². The number of carbonyl (C=O) groups excluding carboxylic acids is 1. The Balaban J connectivity index is 1.28. The zero-order valence-corrected chi connectivity index (χ0v) is 19.8. The van der Waals surface area contributed by atoms with Gasteiger partial charge in [-0.15, -0.1) is 0 Å². The van der Waals surface area contributed by atoms with Crippen molar-refractivity contribution in [2.75, 3.05) is 18.5 Å². The summed E-state index contributed by atoms with van der Waals surface area (Å²) in [5.41, 5.74) is 7.48. The molecule has 0 saturated carbocycles. The highest BCUT2D eigenvalue weighted by molar-refractivity contribution is 7.80. The van der Waals surface area contributed by atoms with Crippen LogP contribution in [0.4, 0.5) is 5.69 Å². The largest absolute Gasteiger partial charge is 0.494 e. The molecule has 4 aromatic rings. The van der Waals surface area contributed by atoms with Crippen molar-refractivity contribution in [2.24, 2.45) is 0 Å². The van der Waals surface area contributed by atoms with Crippen LogP contribution in [0.1, 0.15) is 19.8 Å². The fraction of sp³-hybridized carbons (Fsp3) is 0.208. The molecule has 2 aromatic heterocycles. The first kappa shape index (κ1) is 23.9. The number of hydrogen-bond donors (Lipinski definition) is 3. The van der Waals surface area contributed by atoms with Gasteiger partial charge in [0, 0.05) is 11.3 Å². The first-order valence-corrected chi connectivity index (χ1v) is 11.4. The second kappa shape index (κ2) is 11.7. The van der Waals surface area contributed by atoms with Crippen molar-refractivity contribution in [2.45, 2.75) is 19.8 Å².